The van der Waals surface area contributed by atoms with E-state index in [1.807, 2.05) is 4.90 Å². The van der Waals surface area contributed by atoms with Gasteiger partial charge in [0.25, 0.3) is 5.91 Å². The van der Waals surface area contributed by atoms with Crippen molar-refractivity contribution in [1.82, 2.24) is 15.1 Å². The molecule has 8 nitrogen and oxygen atoms in total. The molecule has 0 aliphatic carbocycles. The van der Waals surface area contributed by atoms with Gasteiger partial charge in [0.15, 0.2) is 5.76 Å². The summed E-state index contributed by atoms with van der Waals surface area (Å²) >= 11 is 0. The number of ether oxygens (including phenoxy) is 2. The third kappa shape index (κ3) is 3.77. The van der Waals surface area contributed by atoms with Gasteiger partial charge in [-0.25, -0.2) is 0 Å². The van der Waals surface area contributed by atoms with Crippen LogP contribution in [0.15, 0.2) is 22.8 Å². The molecule has 0 bridgehead atoms. The lowest BCUT2D eigenvalue weighted by Gasteiger charge is -2.43. The van der Waals surface area contributed by atoms with Gasteiger partial charge >= 0.3 is 0 Å². The van der Waals surface area contributed by atoms with Gasteiger partial charge in [0.2, 0.25) is 5.91 Å². The minimum atomic E-state index is -0.620. The zero-order valence-electron chi connectivity index (χ0n) is 13.8. The average molecular weight is 337 g/mol. The highest BCUT2D eigenvalue weighted by atomic mass is 16.5. The lowest BCUT2D eigenvalue weighted by molar-refractivity contribution is -0.136. The standard InChI is InChI=1S/C16H23N3O5/c1-17-14(20)9-18-4-7-22-12-16(10-18)11-19(5-8-24-16)15(21)13-3-2-6-23-13/h2-3,6H,4-5,7-12H2,1H3,(H,17,20). The SMILES string of the molecule is CNC(=O)CN1CCOCC2(C1)CN(C(=O)c1ccco1)CCO2. The molecule has 2 aliphatic heterocycles. The molecule has 24 heavy (non-hydrogen) atoms. The van der Waals surface area contributed by atoms with E-state index in [0.29, 0.717) is 51.8 Å². The second-order valence-corrected chi connectivity index (χ2v) is 6.17. The Morgan fingerprint density at radius 2 is 2.17 bits per heavy atom. The van der Waals surface area contributed by atoms with Crippen molar-refractivity contribution >= 4 is 11.8 Å². The molecule has 0 saturated carbocycles. The van der Waals surface area contributed by atoms with Crippen LogP contribution in [0.2, 0.25) is 0 Å². The molecular weight excluding hydrogens is 314 g/mol. The second-order valence-electron chi connectivity index (χ2n) is 6.17. The van der Waals surface area contributed by atoms with Gasteiger partial charge in [-0.05, 0) is 12.1 Å². The third-order valence-corrected chi connectivity index (χ3v) is 4.34. The van der Waals surface area contributed by atoms with Crippen molar-refractivity contribution in [3.8, 4) is 0 Å². The van der Waals surface area contributed by atoms with Gasteiger partial charge in [-0.2, -0.15) is 0 Å². The number of carbonyl (C=O) groups is 2. The van der Waals surface area contributed by atoms with Crippen LogP contribution in [0.25, 0.3) is 0 Å². The minimum absolute atomic E-state index is 0.0497. The summed E-state index contributed by atoms with van der Waals surface area (Å²) in [4.78, 5) is 28.0. The van der Waals surface area contributed by atoms with E-state index in [1.165, 1.54) is 6.26 Å². The van der Waals surface area contributed by atoms with E-state index in [1.54, 1.807) is 24.1 Å². The number of carbonyl (C=O) groups excluding carboxylic acids is 2. The number of hydrogen-bond donors (Lipinski definition) is 1. The molecule has 1 N–H and O–H groups in total. The molecule has 3 rings (SSSR count). The zero-order chi connectivity index (χ0) is 17.0. The summed E-state index contributed by atoms with van der Waals surface area (Å²) in [5.41, 5.74) is -0.620. The fourth-order valence-electron chi connectivity index (χ4n) is 3.16. The van der Waals surface area contributed by atoms with Gasteiger partial charge in [-0.15, -0.1) is 0 Å². The predicted molar refractivity (Wildman–Crippen MR) is 84.6 cm³/mol. The first-order valence-corrected chi connectivity index (χ1v) is 8.09. The molecule has 1 aromatic rings. The quantitative estimate of drug-likeness (QED) is 0.806. The van der Waals surface area contributed by atoms with Crippen LogP contribution in [0.3, 0.4) is 0 Å². The van der Waals surface area contributed by atoms with E-state index in [4.69, 9.17) is 13.9 Å². The molecule has 8 heteroatoms. The summed E-state index contributed by atoms with van der Waals surface area (Å²) in [7, 11) is 1.62. The van der Waals surface area contributed by atoms with Crippen LogP contribution in [0, 0.1) is 0 Å². The van der Waals surface area contributed by atoms with Crippen LogP contribution >= 0.6 is 0 Å². The maximum absolute atomic E-state index is 12.5. The van der Waals surface area contributed by atoms with E-state index < -0.39 is 5.60 Å². The largest absolute Gasteiger partial charge is 0.459 e. The van der Waals surface area contributed by atoms with Gasteiger partial charge in [0.1, 0.15) is 5.60 Å². The number of likely N-dealkylation sites (N-methyl/N-ethyl adjacent to an activating group) is 1. The van der Waals surface area contributed by atoms with Crippen molar-refractivity contribution in [2.24, 2.45) is 0 Å². The summed E-state index contributed by atoms with van der Waals surface area (Å²) in [6.45, 7) is 3.79. The van der Waals surface area contributed by atoms with Crippen LogP contribution < -0.4 is 5.32 Å². The number of hydrogen-bond acceptors (Lipinski definition) is 6. The number of nitrogens with one attached hydrogen (secondary N) is 1. The Hall–Kier alpha value is -1.90. The van der Waals surface area contributed by atoms with Crippen molar-refractivity contribution in [2.75, 3.05) is 59.6 Å². The first kappa shape index (κ1) is 16.9. The average Bonchev–Trinajstić information content (AvgIpc) is 3.06. The van der Waals surface area contributed by atoms with Gasteiger partial charge in [0, 0.05) is 26.7 Å². The Kier molecular flexibility index (Phi) is 5.17. The minimum Gasteiger partial charge on any atom is -0.459 e. The molecule has 1 atom stereocenters. The number of amides is 2. The number of furan rings is 1. The van der Waals surface area contributed by atoms with Gasteiger partial charge in [0.05, 0.1) is 39.2 Å². The summed E-state index contributed by atoms with van der Waals surface area (Å²) in [5.74, 6) is 0.125. The summed E-state index contributed by atoms with van der Waals surface area (Å²) in [6.07, 6.45) is 1.49. The normalized spacial score (nSPS) is 25.5. The fourth-order valence-corrected chi connectivity index (χ4v) is 3.16. The highest BCUT2D eigenvalue weighted by Crippen LogP contribution is 2.24. The van der Waals surface area contributed by atoms with E-state index in [0.717, 1.165) is 0 Å². The molecule has 3 heterocycles. The zero-order valence-corrected chi connectivity index (χ0v) is 13.8. The molecule has 2 saturated heterocycles. The lowest BCUT2D eigenvalue weighted by atomic mass is 10.0. The maximum atomic E-state index is 12.5. The highest BCUT2D eigenvalue weighted by molar-refractivity contribution is 5.91. The topological polar surface area (TPSA) is 84.3 Å². The summed E-state index contributed by atoms with van der Waals surface area (Å²) in [6, 6.07) is 3.36. The molecule has 1 aromatic heterocycles. The smallest absolute Gasteiger partial charge is 0.289 e. The Bertz CT molecular complexity index is 576. The van der Waals surface area contributed by atoms with E-state index in [-0.39, 0.29) is 18.4 Å². The highest BCUT2D eigenvalue weighted by Gasteiger charge is 2.42. The van der Waals surface area contributed by atoms with Crippen molar-refractivity contribution in [3.05, 3.63) is 24.2 Å². The summed E-state index contributed by atoms with van der Waals surface area (Å²) in [5, 5.41) is 2.63. The van der Waals surface area contributed by atoms with Crippen LogP contribution in [0.1, 0.15) is 10.6 Å². The molecule has 0 radical (unpaired) electrons. The molecule has 2 amide bonds. The Morgan fingerprint density at radius 3 is 2.92 bits per heavy atom. The van der Waals surface area contributed by atoms with E-state index in [2.05, 4.69) is 5.32 Å². The maximum Gasteiger partial charge on any atom is 0.289 e. The molecule has 1 spiro atoms. The van der Waals surface area contributed by atoms with Gasteiger partial charge in [-0.3, -0.25) is 14.5 Å². The fraction of sp³-hybridized carbons (Fsp3) is 0.625. The Balaban J connectivity index is 1.70. The molecule has 2 fully saturated rings. The van der Waals surface area contributed by atoms with Crippen LogP contribution in [0.5, 0.6) is 0 Å². The number of nitrogens with zero attached hydrogens (tertiary/aromatic N) is 2. The first-order valence-electron chi connectivity index (χ1n) is 8.09. The number of rotatable bonds is 3. The van der Waals surface area contributed by atoms with Crippen molar-refractivity contribution in [2.45, 2.75) is 5.60 Å². The predicted octanol–water partition coefficient (Wildman–Crippen LogP) is -0.431. The van der Waals surface area contributed by atoms with Gasteiger partial charge < -0.3 is 24.1 Å². The Morgan fingerprint density at radius 1 is 1.29 bits per heavy atom. The lowest BCUT2D eigenvalue weighted by Crippen LogP contribution is -2.60. The molecule has 0 aromatic carbocycles. The molecule has 1 unspecified atom stereocenters. The van der Waals surface area contributed by atoms with E-state index >= 15 is 0 Å². The molecule has 132 valence electrons. The second kappa shape index (κ2) is 7.33. The van der Waals surface area contributed by atoms with Crippen molar-refractivity contribution in [3.63, 3.8) is 0 Å². The van der Waals surface area contributed by atoms with Crippen LogP contribution in [0.4, 0.5) is 0 Å². The molecule has 2 aliphatic rings. The van der Waals surface area contributed by atoms with Crippen molar-refractivity contribution in [1.29, 1.82) is 0 Å². The first-order chi connectivity index (χ1) is 11.6. The Labute approximate surface area is 140 Å². The third-order valence-electron chi connectivity index (χ3n) is 4.34. The monoisotopic (exact) mass is 337 g/mol. The van der Waals surface area contributed by atoms with Crippen LogP contribution in [-0.2, 0) is 14.3 Å². The number of morpholine rings is 1. The molecular formula is C16H23N3O5. The van der Waals surface area contributed by atoms with Gasteiger partial charge in [-0.1, -0.05) is 0 Å². The van der Waals surface area contributed by atoms with E-state index in [9.17, 15) is 9.59 Å². The summed E-state index contributed by atoms with van der Waals surface area (Å²) < 4.78 is 16.9. The van der Waals surface area contributed by atoms with Crippen LogP contribution in [-0.4, -0.2) is 86.8 Å². The van der Waals surface area contributed by atoms with Crippen molar-refractivity contribution < 1.29 is 23.5 Å².